The van der Waals surface area contributed by atoms with Crippen LogP contribution in [0.4, 0.5) is 0 Å². The number of ether oxygens (including phenoxy) is 1. The van der Waals surface area contributed by atoms with Crippen LogP contribution in [0.3, 0.4) is 0 Å². The van der Waals surface area contributed by atoms with Crippen LogP contribution in [0.5, 0.6) is 0 Å². The molecule has 35 heavy (non-hydrogen) atoms. The molecule has 0 bridgehead atoms. The molecule has 1 aromatic heterocycles. The largest absolute Gasteiger partial charge is 0.478 e. The van der Waals surface area contributed by atoms with E-state index in [0.717, 1.165) is 38.6 Å². The van der Waals surface area contributed by atoms with Crippen LogP contribution in [0.2, 0.25) is 0 Å². The second kappa shape index (κ2) is 10.9. The zero-order valence-electron chi connectivity index (χ0n) is 19.9. The number of fused-ring (bicyclic) bond motifs is 2. The summed E-state index contributed by atoms with van der Waals surface area (Å²) in [6.07, 6.45) is 12.3. The summed E-state index contributed by atoms with van der Waals surface area (Å²) in [5.41, 5.74) is 5.30. The van der Waals surface area contributed by atoms with Crippen molar-refractivity contribution in [2.45, 2.75) is 50.5 Å². The van der Waals surface area contributed by atoms with Crippen molar-refractivity contribution in [3.05, 3.63) is 59.3 Å². The predicted molar refractivity (Wildman–Crippen MR) is 131 cm³/mol. The van der Waals surface area contributed by atoms with Crippen molar-refractivity contribution >= 4 is 28.8 Å². The maximum Gasteiger partial charge on any atom is 0.328 e. The van der Waals surface area contributed by atoms with E-state index in [0.29, 0.717) is 30.7 Å². The summed E-state index contributed by atoms with van der Waals surface area (Å²) in [6.45, 7) is 1.33. The topological polar surface area (TPSA) is 120 Å². The van der Waals surface area contributed by atoms with Gasteiger partial charge in [-0.2, -0.15) is 0 Å². The van der Waals surface area contributed by atoms with Crippen molar-refractivity contribution < 1.29 is 29.3 Å². The Bertz CT molecular complexity index is 1140. The fourth-order valence-electron chi connectivity index (χ4n) is 5.52. The molecule has 0 radical (unpaired) electrons. The van der Waals surface area contributed by atoms with Crippen LogP contribution in [-0.4, -0.2) is 64.2 Å². The van der Waals surface area contributed by atoms with Crippen LogP contribution in [0.15, 0.2) is 48.2 Å². The first-order chi connectivity index (χ1) is 16.8. The molecule has 2 aromatic rings. The van der Waals surface area contributed by atoms with Crippen LogP contribution in [0.1, 0.15) is 49.1 Å². The fraction of sp³-hybridized carbons (Fsp3) is 0.444. The SMILES string of the molecule is CN1CC(COC(=O)C2CCCCC2)=C[C@@H]2c3cccc4[nH]cc(c34)C[C@H]21.O=C(O)/C=C\C(=O)O. The minimum absolute atomic E-state index is 0.0130. The minimum Gasteiger partial charge on any atom is -0.478 e. The van der Waals surface area contributed by atoms with Crippen LogP contribution >= 0.6 is 0 Å². The van der Waals surface area contributed by atoms with E-state index >= 15 is 0 Å². The van der Waals surface area contributed by atoms with Crippen molar-refractivity contribution in [3.8, 4) is 0 Å². The molecule has 3 N–H and O–H groups in total. The number of H-pyrrole nitrogens is 1. The molecule has 1 aliphatic heterocycles. The molecule has 1 fully saturated rings. The zero-order chi connectivity index (χ0) is 24.9. The maximum absolute atomic E-state index is 12.4. The highest BCUT2D eigenvalue weighted by Gasteiger charge is 2.36. The number of carbonyl (C=O) groups excluding carboxylic acids is 1. The number of likely N-dealkylation sites (N-methyl/N-ethyl adjacent to an activating group) is 1. The van der Waals surface area contributed by atoms with E-state index in [2.05, 4.69) is 47.4 Å². The van der Waals surface area contributed by atoms with E-state index in [-0.39, 0.29) is 11.9 Å². The van der Waals surface area contributed by atoms with Crippen molar-refractivity contribution in [1.82, 2.24) is 9.88 Å². The lowest BCUT2D eigenvalue weighted by atomic mass is 9.77. The highest BCUT2D eigenvalue weighted by molar-refractivity contribution is 5.90. The Balaban J connectivity index is 0.000000314. The normalized spacial score (nSPS) is 22.1. The van der Waals surface area contributed by atoms with Gasteiger partial charge in [0.15, 0.2) is 0 Å². The van der Waals surface area contributed by atoms with Gasteiger partial charge in [0.25, 0.3) is 0 Å². The number of aromatic nitrogens is 1. The Hall–Kier alpha value is -3.39. The Morgan fingerprint density at radius 3 is 2.51 bits per heavy atom. The molecule has 0 amide bonds. The van der Waals surface area contributed by atoms with Gasteiger partial charge in [-0.05, 0) is 49.1 Å². The Kier molecular flexibility index (Phi) is 7.70. The molecule has 0 unspecified atom stereocenters. The summed E-state index contributed by atoms with van der Waals surface area (Å²) in [4.78, 5) is 37.4. The van der Waals surface area contributed by atoms with Gasteiger partial charge in [-0.25, -0.2) is 9.59 Å². The third-order valence-corrected chi connectivity index (χ3v) is 7.16. The molecule has 0 spiro atoms. The molecular formula is C27H32N2O6. The number of benzene rings is 1. The smallest absolute Gasteiger partial charge is 0.328 e. The molecule has 8 heteroatoms. The molecular weight excluding hydrogens is 448 g/mol. The van der Waals surface area contributed by atoms with Crippen molar-refractivity contribution in [2.75, 3.05) is 20.2 Å². The number of aliphatic carboxylic acids is 2. The number of carboxylic acid groups (broad SMARTS) is 2. The Morgan fingerprint density at radius 2 is 1.83 bits per heavy atom. The third kappa shape index (κ3) is 5.82. The zero-order valence-corrected chi connectivity index (χ0v) is 19.9. The molecule has 8 nitrogen and oxygen atoms in total. The average Bonchev–Trinajstić information content (AvgIpc) is 3.27. The summed E-state index contributed by atoms with van der Waals surface area (Å²) in [5.74, 6) is -2.00. The number of hydrogen-bond acceptors (Lipinski definition) is 5. The molecule has 1 aromatic carbocycles. The quantitative estimate of drug-likeness (QED) is 0.337. The molecule has 186 valence electrons. The van der Waals surface area contributed by atoms with Crippen molar-refractivity contribution in [2.24, 2.45) is 5.92 Å². The first-order valence-electron chi connectivity index (χ1n) is 12.1. The van der Waals surface area contributed by atoms with E-state index in [1.165, 1.54) is 34.0 Å². The standard InChI is InChI=1S/C23H28N2O2.C4H4O4/c1-25-13-15(14-27-23(26)16-6-3-2-4-7-16)10-19-18-8-5-9-20-22(18)17(12-24-20)11-21(19)25;5-3(6)1-2-4(7)8/h5,8-10,12,16,19,21,24H,2-4,6-7,11,13-14H2,1H3;1-2H,(H,5,6)(H,7,8)/b;2-1-/t19-,21-;/m1./s1. The molecule has 0 saturated heterocycles. The molecule has 2 aliphatic carbocycles. The predicted octanol–water partition coefficient (Wildman–Crippen LogP) is 3.88. The van der Waals surface area contributed by atoms with Gasteiger partial charge in [0.05, 0.1) is 5.92 Å². The summed E-state index contributed by atoms with van der Waals surface area (Å²) >= 11 is 0. The second-order valence-corrected chi connectivity index (χ2v) is 9.57. The van der Waals surface area contributed by atoms with Gasteiger partial charge in [-0.15, -0.1) is 0 Å². The molecule has 3 aliphatic rings. The van der Waals surface area contributed by atoms with E-state index in [1.807, 2.05) is 0 Å². The fourth-order valence-corrected chi connectivity index (χ4v) is 5.52. The van der Waals surface area contributed by atoms with Gasteiger partial charge >= 0.3 is 17.9 Å². The number of hydrogen-bond donors (Lipinski definition) is 3. The van der Waals surface area contributed by atoms with Crippen LogP contribution < -0.4 is 0 Å². The van der Waals surface area contributed by atoms with Gasteiger partial charge in [0, 0.05) is 47.8 Å². The number of nitrogens with zero attached hydrogens (tertiary/aromatic N) is 1. The third-order valence-electron chi connectivity index (χ3n) is 7.16. The van der Waals surface area contributed by atoms with Crippen LogP contribution in [-0.2, 0) is 25.5 Å². The van der Waals surface area contributed by atoms with Gasteiger partial charge in [-0.3, -0.25) is 9.69 Å². The number of aromatic amines is 1. The lowest BCUT2D eigenvalue weighted by Crippen LogP contribution is -2.44. The van der Waals surface area contributed by atoms with Gasteiger partial charge in [-0.1, -0.05) is 37.5 Å². The van der Waals surface area contributed by atoms with E-state index in [4.69, 9.17) is 14.9 Å². The number of esters is 1. The summed E-state index contributed by atoms with van der Waals surface area (Å²) in [6, 6.07) is 7.05. The van der Waals surface area contributed by atoms with E-state index in [1.54, 1.807) is 0 Å². The summed E-state index contributed by atoms with van der Waals surface area (Å²) in [5, 5.41) is 17.0. The molecule has 5 rings (SSSR count). The Labute approximate surface area is 204 Å². The number of nitrogens with one attached hydrogen (secondary N) is 1. The minimum atomic E-state index is -1.26. The van der Waals surface area contributed by atoms with Gasteiger partial charge in [0.1, 0.15) is 6.61 Å². The number of carboxylic acids is 2. The number of rotatable bonds is 5. The first kappa shape index (κ1) is 24.7. The molecule has 2 heterocycles. The number of carbonyl (C=O) groups is 3. The van der Waals surface area contributed by atoms with Gasteiger partial charge in [0.2, 0.25) is 0 Å². The van der Waals surface area contributed by atoms with Crippen LogP contribution in [0.25, 0.3) is 10.9 Å². The van der Waals surface area contributed by atoms with Crippen molar-refractivity contribution in [1.29, 1.82) is 0 Å². The summed E-state index contributed by atoms with van der Waals surface area (Å²) in [7, 11) is 2.20. The van der Waals surface area contributed by atoms with E-state index < -0.39 is 11.9 Å². The first-order valence-corrected chi connectivity index (χ1v) is 12.1. The average molecular weight is 481 g/mol. The van der Waals surface area contributed by atoms with E-state index in [9.17, 15) is 14.4 Å². The monoisotopic (exact) mass is 480 g/mol. The lowest BCUT2D eigenvalue weighted by molar-refractivity contribution is -0.148. The van der Waals surface area contributed by atoms with Gasteiger partial charge < -0.3 is 19.9 Å². The summed E-state index contributed by atoms with van der Waals surface area (Å²) < 4.78 is 5.74. The highest BCUT2D eigenvalue weighted by atomic mass is 16.5. The second-order valence-electron chi connectivity index (χ2n) is 9.57. The Morgan fingerprint density at radius 1 is 1.11 bits per heavy atom. The highest BCUT2D eigenvalue weighted by Crippen LogP contribution is 2.41. The lowest BCUT2D eigenvalue weighted by Gasteiger charge is -2.41. The molecule has 2 atom stereocenters. The van der Waals surface area contributed by atoms with Crippen molar-refractivity contribution in [3.63, 3.8) is 0 Å². The maximum atomic E-state index is 12.4. The molecule has 1 saturated carbocycles. The van der Waals surface area contributed by atoms with Crippen LogP contribution in [0, 0.1) is 5.92 Å².